The first-order valence-electron chi connectivity index (χ1n) is 5.20. The molecule has 0 saturated carbocycles. The molecule has 0 bridgehead atoms. The Kier molecular flexibility index (Phi) is 4.15. The van der Waals surface area contributed by atoms with Crippen molar-refractivity contribution in [3.05, 3.63) is 63.3 Å². The summed E-state index contributed by atoms with van der Waals surface area (Å²) in [5.74, 6) is 0. The molecular weight excluding hydrogens is 302 g/mol. The second-order valence-corrected chi connectivity index (χ2v) is 5.01. The van der Waals surface area contributed by atoms with Crippen molar-refractivity contribution in [1.29, 1.82) is 0 Å². The third-order valence-electron chi connectivity index (χ3n) is 2.44. The van der Waals surface area contributed by atoms with Crippen LogP contribution in [-0.2, 0) is 6.42 Å². The Bertz CT molecular complexity index is 501. The number of aromatic nitrogens is 1. The Morgan fingerprint density at radius 2 is 1.94 bits per heavy atom. The molecule has 0 aliphatic rings. The minimum Gasteiger partial charge on any atom is -0.386 e. The van der Waals surface area contributed by atoms with E-state index in [1.165, 1.54) is 0 Å². The van der Waals surface area contributed by atoms with Gasteiger partial charge in [0.25, 0.3) is 0 Å². The fourth-order valence-electron chi connectivity index (χ4n) is 1.58. The second-order valence-electron chi connectivity index (χ2n) is 3.72. The number of halogens is 2. The van der Waals surface area contributed by atoms with Gasteiger partial charge in [-0.25, -0.2) is 0 Å². The molecule has 17 heavy (non-hydrogen) atoms. The van der Waals surface area contributed by atoms with Gasteiger partial charge in [0.05, 0.1) is 5.69 Å². The monoisotopic (exact) mass is 311 g/mol. The summed E-state index contributed by atoms with van der Waals surface area (Å²) in [6.07, 6.45) is 1.57. The molecule has 1 aromatic heterocycles. The molecule has 88 valence electrons. The number of aliphatic hydroxyl groups excluding tert-OH is 1. The first kappa shape index (κ1) is 12.6. The Morgan fingerprint density at radius 3 is 2.59 bits per heavy atom. The maximum absolute atomic E-state index is 10.1. The largest absolute Gasteiger partial charge is 0.386 e. The molecule has 1 atom stereocenters. The van der Waals surface area contributed by atoms with Gasteiger partial charge in [0.2, 0.25) is 0 Å². The SMILES string of the molecule is OC(Cc1ccc(Cl)cc1)c1ncccc1Br. The lowest BCUT2D eigenvalue weighted by Gasteiger charge is -2.11. The van der Waals surface area contributed by atoms with E-state index in [2.05, 4.69) is 20.9 Å². The zero-order valence-electron chi connectivity index (χ0n) is 8.98. The van der Waals surface area contributed by atoms with E-state index in [0.717, 1.165) is 10.0 Å². The first-order valence-corrected chi connectivity index (χ1v) is 6.37. The zero-order chi connectivity index (χ0) is 12.3. The molecule has 4 heteroatoms. The summed E-state index contributed by atoms with van der Waals surface area (Å²) in [4.78, 5) is 4.17. The number of aliphatic hydroxyl groups is 1. The minimum atomic E-state index is -0.619. The lowest BCUT2D eigenvalue weighted by Crippen LogP contribution is -2.04. The van der Waals surface area contributed by atoms with Gasteiger partial charge in [0.1, 0.15) is 6.10 Å². The van der Waals surface area contributed by atoms with Crippen LogP contribution in [0.3, 0.4) is 0 Å². The quantitative estimate of drug-likeness (QED) is 0.936. The molecule has 0 saturated heterocycles. The van der Waals surface area contributed by atoms with Gasteiger partial charge in [-0.1, -0.05) is 23.7 Å². The van der Waals surface area contributed by atoms with Crippen molar-refractivity contribution in [1.82, 2.24) is 4.98 Å². The highest BCUT2D eigenvalue weighted by Crippen LogP contribution is 2.24. The molecule has 0 spiro atoms. The number of hydrogen-bond donors (Lipinski definition) is 1. The fourth-order valence-corrected chi connectivity index (χ4v) is 2.23. The van der Waals surface area contributed by atoms with Crippen LogP contribution in [-0.4, -0.2) is 10.1 Å². The van der Waals surface area contributed by atoms with E-state index in [-0.39, 0.29) is 0 Å². The highest BCUT2D eigenvalue weighted by atomic mass is 79.9. The minimum absolute atomic E-state index is 0.521. The smallest absolute Gasteiger partial charge is 0.101 e. The van der Waals surface area contributed by atoms with Crippen molar-refractivity contribution in [3.63, 3.8) is 0 Å². The van der Waals surface area contributed by atoms with Crippen LogP contribution in [0.5, 0.6) is 0 Å². The van der Waals surface area contributed by atoms with Crippen molar-refractivity contribution in [2.24, 2.45) is 0 Å². The second kappa shape index (κ2) is 5.63. The van der Waals surface area contributed by atoms with Crippen LogP contribution in [0.4, 0.5) is 0 Å². The molecule has 0 aliphatic carbocycles. The van der Waals surface area contributed by atoms with Crippen molar-refractivity contribution in [2.45, 2.75) is 12.5 Å². The van der Waals surface area contributed by atoms with Crippen molar-refractivity contribution in [2.75, 3.05) is 0 Å². The normalized spacial score (nSPS) is 12.4. The van der Waals surface area contributed by atoms with E-state index >= 15 is 0 Å². The van der Waals surface area contributed by atoms with Crippen molar-refractivity contribution in [3.8, 4) is 0 Å². The molecule has 1 aromatic carbocycles. The zero-order valence-corrected chi connectivity index (χ0v) is 11.3. The summed E-state index contributed by atoms with van der Waals surface area (Å²) in [6.45, 7) is 0. The lowest BCUT2D eigenvalue weighted by atomic mass is 10.1. The first-order chi connectivity index (χ1) is 8.16. The summed E-state index contributed by atoms with van der Waals surface area (Å²) in [5, 5.41) is 10.8. The summed E-state index contributed by atoms with van der Waals surface area (Å²) in [5.41, 5.74) is 1.68. The molecule has 0 fully saturated rings. The lowest BCUT2D eigenvalue weighted by molar-refractivity contribution is 0.173. The van der Waals surface area contributed by atoms with E-state index in [0.29, 0.717) is 17.1 Å². The maximum Gasteiger partial charge on any atom is 0.101 e. The average molecular weight is 313 g/mol. The molecule has 0 radical (unpaired) electrons. The number of pyridine rings is 1. The van der Waals surface area contributed by atoms with Gasteiger partial charge in [-0.15, -0.1) is 0 Å². The van der Waals surface area contributed by atoms with E-state index in [1.807, 2.05) is 36.4 Å². The van der Waals surface area contributed by atoms with Crippen LogP contribution < -0.4 is 0 Å². The van der Waals surface area contributed by atoms with Gasteiger partial charge < -0.3 is 5.11 Å². The maximum atomic E-state index is 10.1. The average Bonchev–Trinajstić information content (AvgIpc) is 2.32. The predicted molar refractivity (Wildman–Crippen MR) is 72.1 cm³/mol. The van der Waals surface area contributed by atoms with Gasteiger partial charge in [-0.2, -0.15) is 0 Å². The van der Waals surface area contributed by atoms with E-state index in [9.17, 15) is 5.11 Å². The molecule has 1 N–H and O–H groups in total. The highest BCUT2D eigenvalue weighted by Gasteiger charge is 2.12. The van der Waals surface area contributed by atoms with Crippen molar-refractivity contribution < 1.29 is 5.11 Å². The molecule has 2 aromatic rings. The van der Waals surface area contributed by atoms with E-state index < -0.39 is 6.10 Å². The predicted octanol–water partition coefficient (Wildman–Crippen LogP) is 3.77. The highest BCUT2D eigenvalue weighted by molar-refractivity contribution is 9.10. The Hall–Kier alpha value is -0.900. The summed E-state index contributed by atoms with van der Waals surface area (Å²) in [7, 11) is 0. The summed E-state index contributed by atoms with van der Waals surface area (Å²) >= 11 is 9.19. The Labute approximate surface area is 113 Å². The summed E-state index contributed by atoms with van der Waals surface area (Å²) < 4.78 is 0.821. The Morgan fingerprint density at radius 1 is 1.24 bits per heavy atom. The third kappa shape index (κ3) is 3.28. The molecular formula is C13H11BrClNO. The third-order valence-corrected chi connectivity index (χ3v) is 3.37. The van der Waals surface area contributed by atoms with Gasteiger partial charge in [0.15, 0.2) is 0 Å². The van der Waals surface area contributed by atoms with Crippen LogP contribution in [0.2, 0.25) is 5.02 Å². The summed E-state index contributed by atoms with van der Waals surface area (Å²) in [6, 6.07) is 11.1. The molecule has 2 nitrogen and oxygen atoms in total. The van der Waals surface area contributed by atoms with Crippen LogP contribution in [0.25, 0.3) is 0 Å². The fraction of sp³-hybridized carbons (Fsp3) is 0.154. The molecule has 1 unspecified atom stereocenters. The van der Waals surface area contributed by atoms with Gasteiger partial charge in [-0.3, -0.25) is 4.98 Å². The number of nitrogens with zero attached hydrogens (tertiary/aromatic N) is 1. The number of benzene rings is 1. The molecule has 0 amide bonds. The van der Waals surface area contributed by atoms with Gasteiger partial charge in [-0.05, 0) is 45.8 Å². The van der Waals surface area contributed by atoms with Crippen LogP contribution in [0.15, 0.2) is 47.1 Å². The van der Waals surface area contributed by atoms with Crippen molar-refractivity contribution >= 4 is 27.5 Å². The number of rotatable bonds is 3. The standard InChI is InChI=1S/C13H11BrClNO/c14-11-2-1-7-16-13(11)12(17)8-9-3-5-10(15)6-4-9/h1-7,12,17H,8H2. The molecule has 0 aliphatic heterocycles. The number of hydrogen-bond acceptors (Lipinski definition) is 2. The van der Waals surface area contributed by atoms with Gasteiger partial charge in [0, 0.05) is 22.1 Å². The van der Waals surface area contributed by atoms with Crippen LogP contribution >= 0.6 is 27.5 Å². The topological polar surface area (TPSA) is 33.1 Å². The van der Waals surface area contributed by atoms with E-state index in [1.54, 1.807) is 6.20 Å². The Balaban J connectivity index is 2.14. The van der Waals surface area contributed by atoms with E-state index in [4.69, 9.17) is 11.6 Å². The molecule has 2 rings (SSSR count). The van der Waals surface area contributed by atoms with Crippen LogP contribution in [0.1, 0.15) is 17.4 Å². The van der Waals surface area contributed by atoms with Crippen LogP contribution in [0, 0.1) is 0 Å². The molecule has 1 heterocycles. The van der Waals surface area contributed by atoms with Gasteiger partial charge >= 0.3 is 0 Å².